The number of thioether (sulfide) groups is 1. The van der Waals surface area contributed by atoms with Crippen molar-refractivity contribution in [3.63, 3.8) is 0 Å². The second-order valence-electron chi connectivity index (χ2n) is 7.16. The van der Waals surface area contributed by atoms with Gasteiger partial charge in [-0.05, 0) is 44.2 Å². The number of carbonyl (C=O) groups excluding carboxylic acids is 1. The topological polar surface area (TPSA) is 66.1 Å². The van der Waals surface area contributed by atoms with Crippen molar-refractivity contribution in [3.05, 3.63) is 57.8 Å². The van der Waals surface area contributed by atoms with E-state index in [-0.39, 0.29) is 17.0 Å². The average Bonchev–Trinajstić information content (AvgIpc) is 3.49. The van der Waals surface area contributed by atoms with E-state index >= 15 is 0 Å². The molecule has 2 fully saturated rings. The normalized spacial score (nSPS) is 18.1. The molecule has 0 atom stereocenters. The Bertz CT molecular complexity index is 867. The number of rotatable bonds is 4. The van der Waals surface area contributed by atoms with Gasteiger partial charge in [-0.2, -0.15) is 0 Å². The SMILES string of the molecule is Cc1ccccc1SC1CCN(C(=O)c2cnc(C3CC3)[nH]c2=O)CC1. The number of H-pyrrole nitrogens is 1. The molecule has 0 unspecified atom stereocenters. The molecule has 0 bridgehead atoms. The molecule has 2 aromatic rings. The van der Waals surface area contributed by atoms with Gasteiger partial charge in [0, 0.05) is 35.3 Å². The number of hydrogen-bond acceptors (Lipinski definition) is 4. The molecular formula is C20H23N3O2S. The van der Waals surface area contributed by atoms with E-state index in [9.17, 15) is 9.59 Å². The zero-order chi connectivity index (χ0) is 18.1. The molecular weight excluding hydrogens is 346 g/mol. The minimum absolute atomic E-state index is 0.166. The first-order valence-corrected chi connectivity index (χ1v) is 10.1. The van der Waals surface area contributed by atoms with Crippen molar-refractivity contribution in [2.45, 2.75) is 48.7 Å². The van der Waals surface area contributed by atoms with Gasteiger partial charge >= 0.3 is 0 Å². The number of piperidine rings is 1. The Labute approximate surface area is 157 Å². The Morgan fingerprint density at radius 2 is 1.92 bits per heavy atom. The van der Waals surface area contributed by atoms with Crippen LogP contribution in [-0.2, 0) is 0 Å². The number of amides is 1. The maximum atomic E-state index is 12.7. The van der Waals surface area contributed by atoms with E-state index in [1.54, 1.807) is 4.90 Å². The summed E-state index contributed by atoms with van der Waals surface area (Å²) >= 11 is 1.90. The summed E-state index contributed by atoms with van der Waals surface area (Å²) in [5.74, 6) is 0.904. The van der Waals surface area contributed by atoms with Crippen LogP contribution in [0.5, 0.6) is 0 Å². The van der Waals surface area contributed by atoms with Crippen LogP contribution in [0.2, 0.25) is 0 Å². The minimum Gasteiger partial charge on any atom is -0.338 e. The highest BCUT2D eigenvalue weighted by Crippen LogP contribution is 2.37. The molecule has 0 radical (unpaired) electrons. The number of aromatic amines is 1. The van der Waals surface area contributed by atoms with Crippen molar-refractivity contribution >= 4 is 17.7 Å². The molecule has 2 heterocycles. The molecule has 0 spiro atoms. The molecule has 1 saturated heterocycles. The number of nitrogens with one attached hydrogen (secondary N) is 1. The van der Waals surface area contributed by atoms with Crippen molar-refractivity contribution in [3.8, 4) is 0 Å². The van der Waals surface area contributed by atoms with Gasteiger partial charge in [-0.15, -0.1) is 11.8 Å². The molecule has 4 rings (SSSR count). The number of aromatic nitrogens is 2. The standard InChI is InChI=1S/C20H23N3O2S/c1-13-4-2-3-5-17(13)26-15-8-10-23(11-9-15)20(25)16-12-21-18(14-6-7-14)22-19(16)24/h2-5,12,14-15H,6-11H2,1H3,(H,21,22,24). The molecule has 5 nitrogen and oxygen atoms in total. The molecule has 1 aromatic heterocycles. The molecule has 1 aromatic carbocycles. The number of carbonyl (C=O) groups is 1. The highest BCUT2D eigenvalue weighted by molar-refractivity contribution is 8.00. The summed E-state index contributed by atoms with van der Waals surface area (Å²) in [7, 11) is 0. The highest BCUT2D eigenvalue weighted by atomic mass is 32.2. The maximum absolute atomic E-state index is 12.7. The van der Waals surface area contributed by atoms with E-state index in [1.807, 2.05) is 11.8 Å². The van der Waals surface area contributed by atoms with E-state index in [1.165, 1.54) is 16.7 Å². The molecule has 2 aliphatic rings. The first-order chi connectivity index (χ1) is 12.6. The lowest BCUT2D eigenvalue weighted by Gasteiger charge is -2.31. The highest BCUT2D eigenvalue weighted by Gasteiger charge is 2.29. The number of hydrogen-bond donors (Lipinski definition) is 1. The summed E-state index contributed by atoms with van der Waals surface area (Å²) < 4.78 is 0. The second-order valence-corrected chi connectivity index (χ2v) is 8.50. The molecule has 1 amide bonds. The second kappa shape index (κ2) is 7.27. The average molecular weight is 369 g/mol. The third-order valence-electron chi connectivity index (χ3n) is 5.13. The van der Waals surface area contributed by atoms with Crippen LogP contribution < -0.4 is 5.56 Å². The van der Waals surface area contributed by atoms with Gasteiger partial charge in [0.2, 0.25) is 0 Å². The Kier molecular flexibility index (Phi) is 4.85. The van der Waals surface area contributed by atoms with Gasteiger partial charge < -0.3 is 9.88 Å². The van der Waals surface area contributed by atoms with Crippen molar-refractivity contribution in [2.24, 2.45) is 0 Å². The van der Waals surface area contributed by atoms with Gasteiger partial charge in [-0.1, -0.05) is 18.2 Å². The zero-order valence-corrected chi connectivity index (χ0v) is 15.7. The molecule has 26 heavy (non-hydrogen) atoms. The number of benzene rings is 1. The zero-order valence-electron chi connectivity index (χ0n) is 14.9. The van der Waals surface area contributed by atoms with Crippen molar-refractivity contribution in [1.29, 1.82) is 0 Å². The van der Waals surface area contributed by atoms with E-state index in [0.717, 1.165) is 31.5 Å². The third-order valence-corrected chi connectivity index (χ3v) is 6.65. The number of nitrogens with zero attached hydrogens (tertiary/aromatic N) is 2. The third kappa shape index (κ3) is 3.70. The van der Waals surface area contributed by atoms with Crippen molar-refractivity contribution in [1.82, 2.24) is 14.9 Å². The fourth-order valence-electron chi connectivity index (χ4n) is 3.34. The van der Waals surface area contributed by atoms with Crippen LogP contribution >= 0.6 is 11.8 Å². The minimum atomic E-state index is -0.302. The Hall–Kier alpha value is -2.08. The van der Waals surface area contributed by atoms with Gasteiger partial charge in [-0.25, -0.2) is 4.98 Å². The van der Waals surface area contributed by atoms with Gasteiger partial charge in [0.1, 0.15) is 11.4 Å². The number of likely N-dealkylation sites (tertiary alicyclic amines) is 1. The monoisotopic (exact) mass is 369 g/mol. The molecule has 6 heteroatoms. The summed E-state index contributed by atoms with van der Waals surface area (Å²) in [6.07, 6.45) is 5.49. The molecule has 136 valence electrons. The van der Waals surface area contributed by atoms with Crippen molar-refractivity contribution < 1.29 is 4.79 Å². The fraction of sp³-hybridized carbons (Fsp3) is 0.450. The predicted octanol–water partition coefficient (Wildman–Crippen LogP) is 3.35. The smallest absolute Gasteiger partial charge is 0.263 e. The van der Waals surface area contributed by atoms with Crippen LogP contribution in [0.4, 0.5) is 0 Å². The van der Waals surface area contributed by atoms with Gasteiger partial charge in [0.05, 0.1) is 0 Å². The molecule has 1 saturated carbocycles. The first kappa shape index (κ1) is 17.3. The van der Waals surface area contributed by atoms with Crippen molar-refractivity contribution in [2.75, 3.05) is 13.1 Å². The van der Waals surface area contributed by atoms with Crippen LogP contribution in [0, 0.1) is 6.92 Å². The lowest BCUT2D eigenvalue weighted by Crippen LogP contribution is -2.41. The molecule has 1 aliphatic heterocycles. The summed E-state index contributed by atoms with van der Waals surface area (Å²) in [5, 5.41) is 0.508. The van der Waals surface area contributed by atoms with E-state index in [0.29, 0.717) is 24.3 Å². The Balaban J connectivity index is 1.37. The molecule has 1 N–H and O–H groups in total. The summed E-state index contributed by atoms with van der Waals surface area (Å²) in [6, 6.07) is 8.41. The van der Waals surface area contributed by atoms with Crippen LogP contribution in [0.3, 0.4) is 0 Å². The van der Waals surface area contributed by atoms with Gasteiger partial charge in [-0.3, -0.25) is 9.59 Å². The van der Waals surface area contributed by atoms with E-state index < -0.39 is 0 Å². The summed E-state index contributed by atoms with van der Waals surface area (Å²) in [4.78, 5) is 35.1. The lowest BCUT2D eigenvalue weighted by molar-refractivity contribution is 0.0725. The van der Waals surface area contributed by atoms with Crippen LogP contribution in [0.25, 0.3) is 0 Å². The van der Waals surface area contributed by atoms with E-state index in [4.69, 9.17) is 0 Å². The van der Waals surface area contributed by atoms with Gasteiger partial charge in [0.15, 0.2) is 0 Å². The summed E-state index contributed by atoms with van der Waals surface area (Å²) in [6.45, 7) is 3.50. The van der Waals surface area contributed by atoms with Crippen LogP contribution in [0.1, 0.15) is 53.3 Å². The van der Waals surface area contributed by atoms with Gasteiger partial charge in [0.25, 0.3) is 11.5 Å². The fourth-order valence-corrected chi connectivity index (χ4v) is 4.56. The number of aryl methyl sites for hydroxylation is 1. The quantitative estimate of drug-likeness (QED) is 0.897. The van der Waals surface area contributed by atoms with Crippen LogP contribution in [0.15, 0.2) is 40.2 Å². The Morgan fingerprint density at radius 3 is 2.58 bits per heavy atom. The Morgan fingerprint density at radius 1 is 1.19 bits per heavy atom. The maximum Gasteiger partial charge on any atom is 0.263 e. The molecule has 1 aliphatic carbocycles. The lowest BCUT2D eigenvalue weighted by atomic mass is 10.1. The predicted molar refractivity (Wildman–Crippen MR) is 103 cm³/mol. The first-order valence-electron chi connectivity index (χ1n) is 9.22. The van der Waals surface area contributed by atoms with Crippen LogP contribution in [-0.4, -0.2) is 39.1 Å². The van der Waals surface area contributed by atoms with E-state index in [2.05, 4.69) is 41.2 Å². The largest absolute Gasteiger partial charge is 0.338 e. The summed E-state index contributed by atoms with van der Waals surface area (Å²) in [5.41, 5.74) is 1.16.